The van der Waals surface area contributed by atoms with Gasteiger partial charge in [-0.15, -0.1) is 0 Å². The maximum absolute atomic E-state index is 13.3. The third-order valence-corrected chi connectivity index (χ3v) is 5.35. The molecule has 9 heteroatoms. The van der Waals surface area contributed by atoms with Gasteiger partial charge in [-0.05, 0) is 36.8 Å². The first kappa shape index (κ1) is 18.0. The van der Waals surface area contributed by atoms with Crippen molar-refractivity contribution in [1.82, 2.24) is 20.2 Å². The van der Waals surface area contributed by atoms with Crippen molar-refractivity contribution in [2.24, 2.45) is 0 Å². The third-order valence-electron chi connectivity index (χ3n) is 5.35. The zero-order valence-electron chi connectivity index (χ0n) is 15.7. The van der Waals surface area contributed by atoms with Crippen LogP contribution in [0.2, 0.25) is 0 Å². The fourth-order valence-electron chi connectivity index (χ4n) is 3.94. The number of nitrogens with one attached hydrogen (secondary N) is 2. The molecule has 0 aliphatic carbocycles. The number of hydrogen-bond donors (Lipinski definition) is 2. The summed E-state index contributed by atoms with van der Waals surface area (Å²) in [4.78, 5) is 48.1. The molecule has 0 bridgehead atoms. The Morgan fingerprint density at radius 3 is 2.90 bits per heavy atom. The summed E-state index contributed by atoms with van der Waals surface area (Å²) in [7, 11) is 0. The van der Waals surface area contributed by atoms with Crippen molar-refractivity contribution < 1.29 is 18.8 Å². The lowest BCUT2D eigenvalue weighted by atomic mass is 10.1. The molecule has 0 radical (unpaired) electrons. The van der Waals surface area contributed by atoms with Gasteiger partial charge >= 0.3 is 0 Å². The van der Waals surface area contributed by atoms with Crippen LogP contribution in [0.15, 0.2) is 59.6 Å². The van der Waals surface area contributed by atoms with Crippen LogP contribution in [0.5, 0.6) is 0 Å². The van der Waals surface area contributed by atoms with E-state index in [1.54, 1.807) is 36.6 Å². The summed E-state index contributed by atoms with van der Waals surface area (Å²) >= 11 is 0. The van der Waals surface area contributed by atoms with Crippen LogP contribution in [0.4, 0.5) is 5.69 Å². The normalized spacial score (nSPS) is 20.2. The molecule has 3 aromatic rings. The van der Waals surface area contributed by atoms with Gasteiger partial charge in [-0.1, -0.05) is 0 Å². The summed E-state index contributed by atoms with van der Waals surface area (Å²) in [5.41, 5.74) is 1.73. The van der Waals surface area contributed by atoms with Gasteiger partial charge < -0.3 is 20.0 Å². The number of benzene rings is 1. The molecule has 2 atom stereocenters. The molecule has 1 saturated heterocycles. The molecule has 1 fully saturated rings. The fraction of sp³-hybridized carbons (Fsp3) is 0.190. The molecule has 9 nitrogen and oxygen atoms in total. The number of hydrogen-bond acceptors (Lipinski definition) is 6. The number of fused-ring (bicyclic) bond motifs is 2. The number of nitrogens with zero attached hydrogens (tertiary/aromatic N) is 3. The van der Waals surface area contributed by atoms with Crippen molar-refractivity contribution in [2.75, 3.05) is 11.9 Å². The number of amides is 3. The summed E-state index contributed by atoms with van der Waals surface area (Å²) in [5.74, 6) is -0.405. The number of carbonyl (C=O) groups excluding carboxylic acids is 3. The standard InChI is InChI=1S/C21H17N5O4/c27-19(16-11-22-6-7-23-16)25-15-5-8-26-18(15)20(28)24-14-4-3-12(10-13(14)21(26)29)17-2-1-9-30-17/h1-4,6-7,9-11,15,18H,5,8H2,(H,24,28)(H,25,27)/t15-,18-/m0/s1. The molecule has 1 aromatic carbocycles. The van der Waals surface area contributed by atoms with E-state index >= 15 is 0 Å². The maximum Gasteiger partial charge on any atom is 0.271 e. The highest BCUT2D eigenvalue weighted by Gasteiger charge is 2.45. The van der Waals surface area contributed by atoms with E-state index in [4.69, 9.17) is 4.42 Å². The highest BCUT2D eigenvalue weighted by atomic mass is 16.3. The van der Waals surface area contributed by atoms with Gasteiger partial charge in [0.2, 0.25) is 5.91 Å². The smallest absolute Gasteiger partial charge is 0.271 e. The van der Waals surface area contributed by atoms with E-state index in [1.165, 1.54) is 23.5 Å². The van der Waals surface area contributed by atoms with Gasteiger partial charge in [-0.3, -0.25) is 19.4 Å². The molecule has 0 spiro atoms. The Labute approximate surface area is 171 Å². The number of aromatic nitrogens is 2. The van der Waals surface area contributed by atoms with Gasteiger partial charge in [-0.25, -0.2) is 4.98 Å². The quantitative estimate of drug-likeness (QED) is 0.687. The lowest BCUT2D eigenvalue weighted by Crippen LogP contribution is -2.51. The molecular formula is C21H17N5O4. The molecule has 2 aliphatic rings. The molecular weight excluding hydrogens is 386 g/mol. The molecule has 5 rings (SSSR count). The van der Waals surface area contributed by atoms with Crippen molar-refractivity contribution in [3.8, 4) is 11.3 Å². The minimum Gasteiger partial charge on any atom is -0.464 e. The maximum atomic E-state index is 13.3. The lowest BCUT2D eigenvalue weighted by Gasteiger charge is -2.24. The largest absolute Gasteiger partial charge is 0.464 e. The van der Waals surface area contributed by atoms with Gasteiger partial charge in [0.25, 0.3) is 11.8 Å². The summed E-state index contributed by atoms with van der Waals surface area (Å²) < 4.78 is 5.42. The Morgan fingerprint density at radius 1 is 1.23 bits per heavy atom. The first-order valence-electron chi connectivity index (χ1n) is 9.48. The summed E-state index contributed by atoms with van der Waals surface area (Å²) in [6.45, 7) is 0.354. The fourth-order valence-corrected chi connectivity index (χ4v) is 3.94. The predicted octanol–water partition coefficient (Wildman–Crippen LogP) is 1.70. The van der Waals surface area contributed by atoms with Gasteiger partial charge in [0.1, 0.15) is 17.5 Å². The highest BCUT2D eigenvalue weighted by molar-refractivity contribution is 6.11. The van der Waals surface area contributed by atoms with E-state index in [1.807, 2.05) is 0 Å². The molecule has 2 aromatic heterocycles. The molecule has 30 heavy (non-hydrogen) atoms. The minimum atomic E-state index is -0.808. The lowest BCUT2D eigenvalue weighted by molar-refractivity contribution is -0.120. The van der Waals surface area contributed by atoms with Crippen LogP contribution < -0.4 is 10.6 Å². The van der Waals surface area contributed by atoms with E-state index in [0.29, 0.717) is 30.0 Å². The number of rotatable bonds is 3. The highest BCUT2D eigenvalue weighted by Crippen LogP contribution is 2.32. The number of furan rings is 1. The van der Waals surface area contributed by atoms with Crippen molar-refractivity contribution in [2.45, 2.75) is 18.5 Å². The predicted molar refractivity (Wildman–Crippen MR) is 106 cm³/mol. The molecule has 2 N–H and O–H groups in total. The van der Waals surface area contributed by atoms with Crippen LogP contribution in [0.1, 0.15) is 27.3 Å². The van der Waals surface area contributed by atoms with Gasteiger partial charge in [-0.2, -0.15) is 0 Å². The van der Waals surface area contributed by atoms with Crippen LogP contribution in [-0.2, 0) is 4.79 Å². The third kappa shape index (κ3) is 3.00. The topological polar surface area (TPSA) is 117 Å². The van der Waals surface area contributed by atoms with Gasteiger partial charge in [0.05, 0.1) is 29.8 Å². The van der Waals surface area contributed by atoms with E-state index in [9.17, 15) is 14.4 Å². The Kier molecular flexibility index (Phi) is 4.27. The van der Waals surface area contributed by atoms with Crippen LogP contribution in [0.3, 0.4) is 0 Å². The summed E-state index contributed by atoms with van der Waals surface area (Å²) in [6, 6.07) is 7.43. The van der Waals surface area contributed by atoms with E-state index in [2.05, 4.69) is 20.6 Å². The summed E-state index contributed by atoms with van der Waals surface area (Å²) in [6.07, 6.45) is 6.27. The van der Waals surface area contributed by atoms with Crippen molar-refractivity contribution in [1.29, 1.82) is 0 Å². The number of carbonyl (C=O) groups is 3. The molecule has 2 aliphatic heterocycles. The van der Waals surface area contributed by atoms with Crippen LogP contribution in [0, 0.1) is 0 Å². The van der Waals surface area contributed by atoms with Gasteiger partial charge in [0, 0.05) is 24.5 Å². The van der Waals surface area contributed by atoms with Crippen molar-refractivity contribution >= 4 is 23.4 Å². The average Bonchev–Trinajstić information content (AvgIpc) is 3.42. The molecule has 0 saturated carbocycles. The van der Waals surface area contributed by atoms with E-state index in [-0.39, 0.29) is 17.5 Å². The zero-order valence-corrected chi connectivity index (χ0v) is 15.7. The second-order valence-electron chi connectivity index (χ2n) is 7.13. The molecule has 150 valence electrons. The average molecular weight is 403 g/mol. The zero-order chi connectivity index (χ0) is 20.7. The van der Waals surface area contributed by atoms with E-state index in [0.717, 1.165) is 5.56 Å². The molecule has 0 unspecified atom stereocenters. The molecule has 4 heterocycles. The molecule has 3 amide bonds. The van der Waals surface area contributed by atoms with Crippen LogP contribution >= 0.6 is 0 Å². The first-order chi connectivity index (χ1) is 14.6. The van der Waals surface area contributed by atoms with Crippen LogP contribution in [0.25, 0.3) is 11.3 Å². The Hall–Kier alpha value is -4.01. The van der Waals surface area contributed by atoms with E-state index < -0.39 is 18.0 Å². The van der Waals surface area contributed by atoms with Crippen molar-refractivity contribution in [3.05, 3.63) is 66.4 Å². The van der Waals surface area contributed by atoms with Crippen LogP contribution in [-0.4, -0.2) is 51.2 Å². The van der Waals surface area contributed by atoms with Crippen molar-refractivity contribution in [3.63, 3.8) is 0 Å². The Bertz CT molecular complexity index is 1130. The second kappa shape index (κ2) is 7.11. The second-order valence-corrected chi connectivity index (χ2v) is 7.13. The summed E-state index contributed by atoms with van der Waals surface area (Å²) in [5, 5.41) is 5.65. The number of anilines is 1. The monoisotopic (exact) mass is 403 g/mol. The Balaban J connectivity index is 1.43. The first-order valence-corrected chi connectivity index (χ1v) is 9.48. The SMILES string of the molecule is O=C(N[C@H]1CCN2C(=O)c3cc(-c4ccco4)ccc3NC(=O)[C@H]12)c1cnccn1. The van der Waals surface area contributed by atoms with Gasteiger partial charge in [0.15, 0.2) is 0 Å². The minimum absolute atomic E-state index is 0.155. The Morgan fingerprint density at radius 2 is 2.13 bits per heavy atom.